The molecule has 0 aromatic heterocycles. The Balaban J connectivity index is 1.26. The number of hydrogen-bond acceptors (Lipinski definition) is 3. The quantitative estimate of drug-likeness (QED) is 0.685. The fourth-order valence-electron chi connectivity index (χ4n) is 4.13. The van der Waals surface area contributed by atoms with E-state index in [1.165, 1.54) is 19.3 Å². The molecule has 2 heterocycles. The van der Waals surface area contributed by atoms with Crippen molar-refractivity contribution in [2.75, 3.05) is 26.4 Å². The minimum Gasteiger partial charge on any atom is -0.380 e. The molecule has 4 fully saturated rings. The largest absolute Gasteiger partial charge is 0.380 e. The first-order chi connectivity index (χ1) is 8.31. The van der Waals surface area contributed by atoms with Gasteiger partial charge in [-0.05, 0) is 37.0 Å². The first-order valence-electron chi connectivity index (χ1n) is 7.12. The van der Waals surface area contributed by atoms with Crippen LogP contribution in [0.1, 0.15) is 26.2 Å². The molecule has 3 nitrogen and oxygen atoms in total. The van der Waals surface area contributed by atoms with Crippen LogP contribution in [0, 0.1) is 23.2 Å². The molecule has 0 amide bonds. The molecule has 0 spiro atoms. The number of ether oxygens (including phenoxy) is 3. The molecule has 2 saturated heterocycles. The van der Waals surface area contributed by atoms with Crippen molar-refractivity contribution < 1.29 is 14.2 Å². The highest BCUT2D eigenvalue weighted by Crippen LogP contribution is 2.58. The minimum absolute atomic E-state index is 0.343. The summed E-state index contributed by atoms with van der Waals surface area (Å²) in [5, 5.41) is 0. The third-order valence-corrected chi connectivity index (χ3v) is 5.54. The molecule has 4 aliphatic rings. The van der Waals surface area contributed by atoms with Gasteiger partial charge in [-0.2, -0.15) is 0 Å². The van der Waals surface area contributed by atoms with Gasteiger partial charge >= 0.3 is 0 Å². The van der Waals surface area contributed by atoms with Crippen LogP contribution in [0.15, 0.2) is 0 Å². The van der Waals surface area contributed by atoms with Gasteiger partial charge in [-0.15, -0.1) is 0 Å². The predicted molar refractivity (Wildman–Crippen MR) is 62.7 cm³/mol. The van der Waals surface area contributed by atoms with Crippen LogP contribution in [0.2, 0.25) is 0 Å². The van der Waals surface area contributed by atoms with Crippen molar-refractivity contribution >= 4 is 0 Å². The maximum absolute atomic E-state index is 6.00. The SMILES string of the molecule is CCC1(COCC2CC3CC2C2OC32)COC1. The van der Waals surface area contributed by atoms with E-state index in [-0.39, 0.29) is 0 Å². The first kappa shape index (κ1) is 10.8. The van der Waals surface area contributed by atoms with Gasteiger partial charge in [0.05, 0.1) is 32.0 Å². The van der Waals surface area contributed by atoms with Crippen LogP contribution in [-0.4, -0.2) is 38.6 Å². The van der Waals surface area contributed by atoms with Crippen molar-refractivity contribution in [1.29, 1.82) is 0 Å². The Hall–Kier alpha value is -0.120. The molecule has 0 N–H and O–H groups in total. The Morgan fingerprint density at radius 1 is 1.24 bits per heavy atom. The summed E-state index contributed by atoms with van der Waals surface area (Å²) in [7, 11) is 0. The highest BCUT2D eigenvalue weighted by molar-refractivity contribution is 5.10. The average molecular weight is 238 g/mol. The van der Waals surface area contributed by atoms with Crippen LogP contribution in [-0.2, 0) is 14.2 Å². The zero-order valence-corrected chi connectivity index (χ0v) is 10.6. The van der Waals surface area contributed by atoms with Crippen LogP contribution in [0.25, 0.3) is 0 Å². The summed E-state index contributed by atoms with van der Waals surface area (Å²) in [6, 6.07) is 0. The molecule has 0 aromatic rings. The second kappa shape index (κ2) is 3.69. The van der Waals surface area contributed by atoms with Gasteiger partial charge in [-0.25, -0.2) is 0 Å². The molecule has 17 heavy (non-hydrogen) atoms. The Bertz CT molecular complexity index is 307. The molecule has 2 bridgehead atoms. The highest BCUT2D eigenvalue weighted by atomic mass is 16.6. The molecular formula is C14H22O3. The van der Waals surface area contributed by atoms with Crippen molar-refractivity contribution in [1.82, 2.24) is 0 Å². The molecule has 5 atom stereocenters. The van der Waals surface area contributed by atoms with E-state index in [4.69, 9.17) is 14.2 Å². The highest BCUT2D eigenvalue weighted by Gasteiger charge is 2.63. The molecule has 96 valence electrons. The molecule has 3 heteroatoms. The Labute approximate surface area is 103 Å². The second-order valence-corrected chi connectivity index (χ2v) is 6.58. The van der Waals surface area contributed by atoms with E-state index in [1.807, 2.05) is 0 Å². The number of fused-ring (bicyclic) bond motifs is 5. The number of rotatable bonds is 5. The van der Waals surface area contributed by atoms with Crippen LogP contribution in [0.4, 0.5) is 0 Å². The van der Waals surface area contributed by atoms with Gasteiger partial charge < -0.3 is 14.2 Å². The van der Waals surface area contributed by atoms with E-state index in [0.717, 1.165) is 44.2 Å². The zero-order chi connectivity index (χ0) is 11.5. The molecule has 0 aromatic carbocycles. The van der Waals surface area contributed by atoms with Gasteiger partial charge in [-0.1, -0.05) is 6.92 Å². The van der Waals surface area contributed by atoms with Crippen molar-refractivity contribution in [2.24, 2.45) is 23.2 Å². The fraction of sp³-hybridized carbons (Fsp3) is 1.00. The van der Waals surface area contributed by atoms with Gasteiger partial charge in [0.1, 0.15) is 0 Å². The topological polar surface area (TPSA) is 31.0 Å². The van der Waals surface area contributed by atoms with Crippen LogP contribution >= 0.6 is 0 Å². The molecule has 2 aliphatic carbocycles. The lowest BCUT2D eigenvalue weighted by Gasteiger charge is -2.40. The minimum atomic E-state index is 0.343. The molecule has 4 rings (SSSR count). The van der Waals surface area contributed by atoms with Crippen LogP contribution in [0.5, 0.6) is 0 Å². The summed E-state index contributed by atoms with van der Waals surface area (Å²) in [5.41, 5.74) is 0.343. The van der Waals surface area contributed by atoms with E-state index < -0.39 is 0 Å². The summed E-state index contributed by atoms with van der Waals surface area (Å²) < 4.78 is 17.0. The third-order valence-electron chi connectivity index (χ3n) is 5.54. The maximum Gasteiger partial charge on any atom is 0.0876 e. The standard InChI is InChI=1S/C14H22O3/c1-2-14(7-16-8-14)6-15-5-10-3-9-4-11(10)13-12(9)17-13/h9-13H,2-8H2,1H3. The second-order valence-electron chi connectivity index (χ2n) is 6.58. The molecule has 0 radical (unpaired) electrons. The molecule has 2 saturated carbocycles. The smallest absolute Gasteiger partial charge is 0.0876 e. The van der Waals surface area contributed by atoms with E-state index in [9.17, 15) is 0 Å². The van der Waals surface area contributed by atoms with E-state index >= 15 is 0 Å². The predicted octanol–water partition coefficient (Wildman–Crippen LogP) is 1.85. The number of epoxide rings is 1. The van der Waals surface area contributed by atoms with Gasteiger partial charge in [0.25, 0.3) is 0 Å². The Morgan fingerprint density at radius 3 is 2.71 bits per heavy atom. The molecular weight excluding hydrogens is 216 g/mol. The maximum atomic E-state index is 6.00. The van der Waals surface area contributed by atoms with Crippen molar-refractivity contribution in [3.05, 3.63) is 0 Å². The zero-order valence-electron chi connectivity index (χ0n) is 10.6. The summed E-state index contributed by atoms with van der Waals surface area (Å²) in [6.07, 6.45) is 5.21. The van der Waals surface area contributed by atoms with E-state index in [2.05, 4.69) is 6.92 Å². The van der Waals surface area contributed by atoms with E-state index in [0.29, 0.717) is 17.6 Å². The third kappa shape index (κ3) is 1.59. The normalized spacial score (nSPS) is 48.9. The number of hydrogen-bond donors (Lipinski definition) is 0. The molecule has 2 aliphatic heterocycles. The summed E-state index contributed by atoms with van der Waals surface area (Å²) in [5.74, 6) is 2.46. The lowest BCUT2D eigenvalue weighted by molar-refractivity contribution is -0.153. The first-order valence-corrected chi connectivity index (χ1v) is 7.12. The van der Waals surface area contributed by atoms with Crippen molar-refractivity contribution in [3.8, 4) is 0 Å². The fourth-order valence-corrected chi connectivity index (χ4v) is 4.13. The van der Waals surface area contributed by atoms with Gasteiger partial charge in [0.15, 0.2) is 0 Å². The lowest BCUT2D eigenvalue weighted by atomic mass is 9.84. The monoisotopic (exact) mass is 238 g/mol. The summed E-state index contributed by atoms with van der Waals surface area (Å²) in [6.45, 7) is 5.88. The Morgan fingerprint density at radius 2 is 2.12 bits per heavy atom. The van der Waals surface area contributed by atoms with Crippen LogP contribution < -0.4 is 0 Å². The lowest BCUT2D eigenvalue weighted by Crippen LogP contribution is -2.46. The average Bonchev–Trinajstić information content (AvgIpc) is 2.90. The molecule has 5 unspecified atom stereocenters. The van der Waals surface area contributed by atoms with E-state index in [1.54, 1.807) is 0 Å². The summed E-state index contributed by atoms with van der Waals surface area (Å²) >= 11 is 0. The van der Waals surface area contributed by atoms with Gasteiger partial charge in [-0.3, -0.25) is 0 Å². The summed E-state index contributed by atoms with van der Waals surface area (Å²) in [4.78, 5) is 0. The van der Waals surface area contributed by atoms with Gasteiger partial charge in [0, 0.05) is 12.0 Å². The van der Waals surface area contributed by atoms with Gasteiger partial charge in [0.2, 0.25) is 0 Å². The van der Waals surface area contributed by atoms with Crippen LogP contribution in [0.3, 0.4) is 0 Å². The van der Waals surface area contributed by atoms with Crippen molar-refractivity contribution in [3.63, 3.8) is 0 Å². The van der Waals surface area contributed by atoms with Crippen molar-refractivity contribution in [2.45, 2.75) is 38.4 Å². The Kier molecular flexibility index (Phi) is 2.34.